The Balaban J connectivity index is 1.03. The Morgan fingerprint density at radius 1 is 0.556 bits per heavy atom. The zero-order valence-electron chi connectivity index (χ0n) is 32.0. The number of rotatable bonds is 4. The lowest BCUT2D eigenvalue weighted by atomic mass is 9.26. The van der Waals surface area contributed by atoms with E-state index in [0.717, 1.165) is 41.6 Å². The quantitative estimate of drug-likeness (QED) is 0.181. The van der Waals surface area contributed by atoms with Crippen LogP contribution < -0.4 is 9.64 Å². The molecule has 4 saturated carbocycles. The van der Waals surface area contributed by atoms with Gasteiger partial charge in [0.2, 0.25) is 0 Å². The van der Waals surface area contributed by atoms with Crippen LogP contribution in [0.3, 0.4) is 0 Å². The van der Waals surface area contributed by atoms with E-state index in [1.807, 2.05) is 0 Å². The number of anilines is 3. The molecule has 0 amide bonds. The summed E-state index contributed by atoms with van der Waals surface area (Å²) >= 11 is 0. The summed E-state index contributed by atoms with van der Waals surface area (Å²) < 4.78 is 7.04. The average molecular weight is 704 g/mol. The van der Waals surface area contributed by atoms with Crippen LogP contribution in [0.1, 0.15) is 88.5 Å². The largest absolute Gasteiger partial charge is 0.457 e. The highest BCUT2D eigenvalue weighted by molar-refractivity contribution is 5.88. The maximum absolute atomic E-state index is 7.04. The molecule has 1 aliphatic heterocycles. The molecule has 0 aromatic heterocycles. The molecule has 0 saturated heterocycles. The third-order valence-electron chi connectivity index (χ3n) is 16.0. The Bertz CT molecular complexity index is 2540. The predicted octanol–water partition coefficient (Wildman–Crippen LogP) is 13.8. The molecule has 2 heteroatoms. The SMILES string of the molecule is CC1(C)CCC(C)(C)c2c(N(c3ccc(-c4ccc5ccccc5c4)cc3)c3ccc4c(c3)Oc3ccccc3C43C4CC5CC6CC3C64C5)cccc21. The minimum atomic E-state index is 0.0429. The molecule has 5 aliphatic carbocycles. The summed E-state index contributed by atoms with van der Waals surface area (Å²) in [5.41, 5.74) is 12.8. The Morgan fingerprint density at radius 3 is 2.11 bits per heavy atom. The lowest BCUT2D eigenvalue weighted by Crippen LogP contribution is -2.74. The zero-order valence-corrected chi connectivity index (χ0v) is 32.0. The summed E-state index contributed by atoms with van der Waals surface area (Å²) in [6.45, 7) is 9.78. The molecule has 268 valence electrons. The van der Waals surface area contributed by atoms with Gasteiger partial charge in [0.25, 0.3) is 0 Å². The molecular weight excluding hydrogens is 655 g/mol. The molecule has 4 fully saturated rings. The van der Waals surface area contributed by atoms with Crippen LogP contribution in [-0.4, -0.2) is 0 Å². The first kappa shape index (κ1) is 31.5. The van der Waals surface area contributed by atoms with Crippen molar-refractivity contribution in [1.29, 1.82) is 0 Å². The van der Waals surface area contributed by atoms with E-state index in [1.165, 1.54) is 93.3 Å². The van der Waals surface area contributed by atoms with E-state index >= 15 is 0 Å². The van der Waals surface area contributed by atoms with Crippen molar-refractivity contribution in [2.45, 2.75) is 82.5 Å². The van der Waals surface area contributed by atoms with E-state index in [2.05, 4.69) is 160 Å². The van der Waals surface area contributed by atoms with Crippen LogP contribution in [0, 0.1) is 29.1 Å². The van der Waals surface area contributed by atoms with E-state index in [4.69, 9.17) is 4.74 Å². The van der Waals surface area contributed by atoms with Gasteiger partial charge in [-0.25, -0.2) is 0 Å². The Labute approximate surface area is 320 Å². The zero-order chi connectivity index (χ0) is 36.2. The van der Waals surface area contributed by atoms with Gasteiger partial charge >= 0.3 is 0 Å². The molecular formula is C52H49NO. The molecule has 0 N–H and O–H groups in total. The van der Waals surface area contributed by atoms with Gasteiger partial charge in [0.15, 0.2) is 0 Å². The van der Waals surface area contributed by atoms with Gasteiger partial charge < -0.3 is 9.64 Å². The number of hydrogen-bond acceptors (Lipinski definition) is 2. The number of ether oxygens (including phenoxy) is 1. The van der Waals surface area contributed by atoms with Crippen LogP contribution in [0.25, 0.3) is 21.9 Å². The fraction of sp³-hybridized carbons (Fsp3) is 0.346. The minimum absolute atomic E-state index is 0.0429. The lowest BCUT2D eigenvalue weighted by molar-refractivity contribution is -0.235. The van der Waals surface area contributed by atoms with Crippen LogP contribution in [0.15, 0.2) is 127 Å². The second kappa shape index (κ2) is 10.5. The molecule has 2 spiro atoms. The monoisotopic (exact) mass is 703 g/mol. The summed E-state index contributed by atoms with van der Waals surface area (Å²) in [4.78, 5) is 2.54. The van der Waals surface area contributed by atoms with Crippen molar-refractivity contribution in [1.82, 2.24) is 0 Å². The van der Waals surface area contributed by atoms with Crippen molar-refractivity contribution in [3.63, 3.8) is 0 Å². The average Bonchev–Trinajstić information content (AvgIpc) is 3.72. The van der Waals surface area contributed by atoms with E-state index < -0.39 is 0 Å². The molecule has 54 heavy (non-hydrogen) atoms. The fourth-order valence-electron chi connectivity index (χ4n) is 13.7. The maximum atomic E-state index is 7.04. The molecule has 6 aromatic carbocycles. The number of hydrogen-bond donors (Lipinski definition) is 0. The van der Waals surface area contributed by atoms with Gasteiger partial charge in [0, 0.05) is 34.0 Å². The molecule has 6 aliphatic rings. The van der Waals surface area contributed by atoms with Crippen molar-refractivity contribution in [2.24, 2.45) is 29.1 Å². The standard InChI is InChI=1S/C52H49NO/c1-49(2)24-25-50(3,4)48-42(49)13-9-14-43(48)53(38-20-18-34(19-21-38)36-17-16-33-10-5-6-11-35(33)28-36)39-22-23-41-45(30-39)54-44-15-8-7-12-40(44)52(41)46-27-32-26-37-29-47(52)51(37,46)31-32/h5-23,28,30,32,37,46-47H,24-27,29,31H2,1-4H3. The highest BCUT2D eigenvalue weighted by atomic mass is 16.5. The first-order chi connectivity index (χ1) is 26.2. The van der Waals surface area contributed by atoms with Gasteiger partial charge in [0.1, 0.15) is 11.5 Å². The number of nitrogens with zero attached hydrogens (tertiary/aromatic N) is 1. The third kappa shape index (κ3) is 3.87. The van der Waals surface area contributed by atoms with Crippen LogP contribution in [0.4, 0.5) is 17.1 Å². The van der Waals surface area contributed by atoms with Crippen LogP contribution >= 0.6 is 0 Å². The molecule has 0 radical (unpaired) electrons. The van der Waals surface area contributed by atoms with Gasteiger partial charge in [-0.05, 0) is 148 Å². The Hall–Kier alpha value is -4.82. The summed E-state index contributed by atoms with van der Waals surface area (Å²) in [6, 6.07) is 48.2. The van der Waals surface area contributed by atoms with E-state index in [0.29, 0.717) is 5.41 Å². The van der Waals surface area contributed by atoms with Crippen molar-refractivity contribution in [3.05, 3.63) is 150 Å². The van der Waals surface area contributed by atoms with Gasteiger partial charge in [-0.15, -0.1) is 0 Å². The molecule has 1 heterocycles. The van der Waals surface area contributed by atoms with Crippen LogP contribution in [0.5, 0.6) is 11.5 Å². The van der Waals surface area contributed by atoms with Crippen LogP contribution in [0.2, 0.25) is 0 Å². The Morgan fingerprint density at radius 2 is 1.26 bits per heavy atom. The minimum Gasteiger partial charge on any atom is -0.457 e. The second-order valence-electron chi connectivity index (χ2n) is 19.3. The smallest absolute Gasteiger partial charge is 0.133 e. The summed E-state index contributed by atoms with van der Waals surface area (Å²) in [5, 5.41) is 2.55. The van der Waals surface area contributed by atoms with Gasteiger partial charge in [-0.2, -0.15) is 0 Å². The maximum Gasteiger partial charge on any atom is 0.133 e. The molecule has 6 aromatic rings. The number of para-hydroxylation sites is 1. The van der Waals surface area contributed by atoms with E-state index in [-0.39, 0.29) is 16.2 Å². The van der Waals surface area contributed by atoms with Crippen molar-refractivity contribution >= 4 is 27.8 Å². The highest BCUT2D eigenvalue weighted by Crippen LogP contribution is 2.89. The topological polar surface area (TPSA) is 12.5 Å². The summed E-state index contributed by atoms with van der Waals surface area (Å²) in [7, 11) is 0. The van der Waals surface area contributed by atoms with Crippen molar-refractivity contribution < 1.29 is 4.74 Å². The third-order valence-corrected chi connectivity index (χ3v) is 16.0. The molecule has 2 bridgehead atoms. The van der Waals surface area contributed by atoms with Crippen molar-refractivity contribution in [2.75, 3.05) is 4.90 Å². The van der Waals surface area contributed by atoms with E-state index in [9.17, 15) is 0 Å². The summed E-state index contributed by atoms with van der Waals surface area (Å²) in [5.74, 6) is 5.51. The first-order valence-electron chi connectivity index (χ1n) is 20.6. The number of benzene rings is 6. The number of fused-ring (bicyclic) bond motifs is 9. The Kier molecular flexibility index (Phi) is 6.12. The summed E-state index contributed by atoms with van der Waals surface area (Å²) in [6.07, 6.45) is 8.09. The highest BCUT2D eigenvalue weighted by Gasteiger charge is 2.84. The fourth-order valence-corrected chi connectivity index (χ4v) is 13.7. The van der Waals surface area contributed by atoms with Crippen LogP contribution in [-0.2, 0) is 16.2 Å². The second-order valence-corrected chi connectivity index (χ2v) is 19.3. The lowest BCUT2D eigenvalue weighted by Gasteiger charge is -2.77. The van der Waals surface area contributed by atoms with Gasteiger partial charge in [-0.3, -0.25) is 0 Å². The van der Waals surface area contributed by atoms with E-state index in [1.54, 1.807) is 0 Å². The molecule has 2 nitrogen and oxygen atoms in total. The molecule has 6 unspecified atom stereocenters. The van der Waals surface area contributed by atoms with Gasteiger partial charge in [0.05, 0.1) is 5.69 Å². The van der Waals surface area contributed by atoms with Crippen molar-refractivity contribution in [3.8, 4) is 22.6 Å². The normalized spacial score (nSPS) is 29.6. The predicted molar refractivity (Wildman–Crippen MR) is 222 cm³/mol. The van der Waals surface area contributed by atoms with Gasteiger partial charge in [-0.1, -0.05) is 113 Å². The first-order valence-corrected chi connectivity index (χ1v) is 20.6. The molecule has 12 rings (SSSR count). The molecule has 6 atom stereocenters.